The predicted molar refractivity (Wildman–Crippen MR) is 122 cm³/mol. The number of aromatic nitrogens is 2. The highest BCUT2D eigenvalue weighted by Gasteiger charge is 2.16. The van der Waals surface area contributed by atoms with Gasteiger partial charge in [0.1, 0.15) is 5.75 Å². The number of carbonyl (C=O) groups is 2. The zero-order valence-corrected chi connectivity index (χ0v) is 18.7. The van der Waals surface area contributed by atoms with Crippen LogP contribution >= 0.6 is 11.3 Å². The van der Waals surface area contributed by atoms with Crippen LogP contribution in [0.3, 0.4) is 0 Å². The van der Waals surface area contributed by atoms with Gasteiger partial charge in [-0.3, -0.25) is 14.7 Å². The monoisotopic (exact) mass is 441 g/mol. The number of aromatic amines is 1. The molecule has 2 aromatic heterocycles. The molecule has 2 amide bonds. The van der Waals surface area contributed by atoms with E-state index in [9.17, 15) is 9.59 Å². The van der Waals surface area contributed by atoms with E-state index in [1.165, 1.54) is 22.4 Å². The Morgan fingerprint density at radius 1 is 1.19 bits per heavy atom. The molecule has 0 aliphatic carbocycles. The molecule has 5 N–H and O–H groups in total. The molecule has 0 fully saturated rings. The second-order valence-electron chi connectivity index (χ2n) is 7.16. The number of hydrogen-bond donors (Lipinski definition) is 4. The number of amides is 2. The van der Waals surface area contributed by atoms with Crippen LogP contribution in [0.15, 0.2) is 30.3 Å². The van der Waals surface area contributed by atoms with Crippen LogP contribution in [-0.2, 0) is 6.42 Å². The van der Waals surface area contributed by atoms with E-state index < -0.39 is 0 Å². The van der Waals surface area contributed by atoms with Gasteiger partial charge in [0.25, 0.3) is 11.8 Å². The number of nitrogens with one attached hydrogen (secondary N) is 3. The number of hydrogen-bond acceptors (Lipinski definition) is 6. The summed E-state index contributed by atoms with van der Waals surface area (Å²) in [6.45, 7) is 5.12. The number of anilines is 1. The molecule has 0 saturated carbocycles. The van der Waals surface area contributed by atoms with Crippen LogP contribution in [0, 0.1) is 13.8 Å². The Balaban J connectivity index is 1.70. The normalized spacial score (nSPS) is 10.7. The Labute approximate surface area is 185 Å². The van der Waals surface area contributed by atoms with Gasteiger partial charge >= 0.3 is 0 Å². The molecular weight excluding hydrogens is 414 g/mol. The molecule has 1 aromatic carbocycles. The number of nitrogens with zero attached hydrogens (tertiary/aromatic N) is 1. The summed E-state index contributed by atoms with van der Waals surface area (Å²) in [6.07, 6.45) is 1.36. The largest absolute Gasteiger partial charge is 0.496 e. The SMILES string of the molecule is COc1ccc(NC(=O)c2cc(Cc3cc(C)sc3C)[nH]n2)cc1C(=O)NCCCN. The average molecular weight is 442 g/mol. The zero-order valence-electron chi connectivity index (χ0n) is 17.9. The van der Waals surface area contributed by atoms with Gasteiger partial charge < -0.3 is 21.1 Å². The molecule has 3 aromatic rings. The molecule has 0 aliphatic heterocycles. The number of thiophene rings is 1. The molecule has 0 aliphatic rings. The van der Waals surface area contributed by atoms with Crippen molar-refractivity contribution in [3.63, 3.8) is 0 Å². The third-order valence-corrected chi connectivity index (χ3v) is 5.76. The van der Waals surface area contributed by atoms with Crippen molar-refractivity contribution in [2.24, 2.45) is 5.73 Å². The third-order valence-electron chi connectivity index (χ3n) is 4.76. The molecule has 8 nitrogen and oxygen atoms in total. The minimum absolute atomic E-state index is 0.282. The number of aryl methyl sites for hydroxylation is 2. The van der Waals surface area contributed by atoms with Gasteiger partial charge in [0.15, 0.2) is 5.69 Å². The smallest absolute Gasteiger partial charge is 0.276 e. The highest BCUT2D eigenvalue weighted by atomic mass is 32.1. The van der Waals surface area contributed by atoms with Crippen LogP contribution in [0.1, 0.15) is 48.3 Å². The third kappa shape index (κ3) is 5.71. The minimum Gasteiger partial charge on any atom is -0.496 e. The first-order valence-corrected chi connectivity index (χ1v) is 10.8. The number of carbonyl (C=O) groups excluding carboxylic acids is 2. The van der Waals surface area contributed by atoms with Crippen molar-refractivity contribution in [3.05, 3.63) is 62.6 Å². The van der Waals surface area contributed by atoms with Crippen molar-refractivity contribution >= 4 is 28.8 Å². The maximum Gasteiger partial charge on any atom is 0.276 e. The van der Waals surface area contributed by atoms with Crippen LogP contribution in [0.25, 0.3) is 0 Å². The number of methoxy groups -OCH3 is 1. The molecule has 9 heteroatoms. The van der Waals surface area contributed by atoms with Gasteiger partial charge in [0, 0.05) is 34.1 Å². The minimum atomic E-state index is -0.361. The highest BCUT2D eigenvalue weighted by Crippen LogP contribution is 2.24. The van der Waals surface area contributed by atoms with E-state index in [0.29, 0.717) is 42.9 Å². The summed E-state index contributed by atoms with van der Waals surface area (Å²) in [5.74, 6) is -0.225. The van der Waals surface area contributed by atoms with Crippen molar-refractivity contribution < 1.29 is 14.3 Å². The molecule has 2 heterocycles. The van der Waals surface area contributed by atoms with E-state index in [1.807, 2.05) is 0 Å². The second-order valence-corrected chi connectivity index (χ2v) is 8.62. The van der Waals surface area contributed by atoms with E-state index in [4.69, 9.17) is 10.5 Å². The quantitative estimate of drug-likeness (QED) is 0.380. The summed E-state index contributed by atoms with van der Waals surface area (Å²) in [4.78, 5) is 27.6. The lowest BCUT2D eigenvalue weighted by molar-refractivity contribution is 0.0949. The Hall–Kier alpha value is -3.17. The maximum atomic E-state index is 12.7. The second kappa shape index (κ2) is 10.2. The Bertz CT molecular complexity index is 1070. The van der Waals surface area contributed by atoms with Crippen molar-refractivity contribution in [1.29, 1.82) is 0 Å². The molecule has 0 bridgehead atoms. The first-order valence-electron chi connectivity index (χ1n) is 9.99. The summed E-state index contributed by atoms with van der Waals surface area (Å²) < 4.78 is 5.27. The van der Waals surface area contributed by atoms with Gasteiger partial charge in [-0.1, -0.05) is 0 Å². The van der Waals surface area contributed by atoms with Gasteiger partial charge in [-0.15, -0.1) is 11.3 Å². The standard InChI is InChI=1S/C22H27N5O3S/c1-13-9-15(14(2)31-13)10-17-12-19(27-26-17)22(29)25-16-5-6-20(30-3)18(11-16)21(28)24-8-4-7-23/h5-6,9,11-12H,4,7-8,10,23H2,1-3H3,(H,24,28)(H,25,29)(H,26,27). The van der Waals surface area contributed by atoms with Gasteiger partial charge in [0.2, 0.25) is 0 Å². The van der Waals surface area contributed by atoms with Gasteiger partial charge in [-0.05, 0) is 62.7 Å². The van der Waals surface area contributed by atoms with Gasteiger partial charge in [-0.2, -0.15) is 5.10 Å². The molecule has 31 heavy (non-hydrogen) atoms. The van der Waals surface area contributed by atoms with Crippen molar-refractivity contribution in [2.75, 3.05) is 25.5 Å². The summed E-state index contributed by atoms with van der Waals surface area (Å²) in [7, 11) is 1.49. The van der Waals surface area contributed by atoms with E-state index in [0.717, 1.165) is 5.69 Å². The first-order chi connectivity index (χ1) is 14.9. The molecule has 0 unspecified atom stereocenters. The number of ether oxygens (including phenoxy) is 1. The fraction of sp³-hybridized carbons (Fsp3) is 0.318. The van der Waals surface area contributed by atoms with E-state index in [1.54, 1.807) is 35.6 Å². The number of rotatable bonds is 9. The molecule has 0 radical (unpaired) electrons. The van der Waals surface area contributed by atoms with Crippen LogP contribution in [0.4, 0.5) is 5.69 Å². The fourth-order valence-corrected chi connectivity index (χ4v) is 4.14. The van der Waals surface area contributed by atoms with Gasteiger partial charge in [0.05, 0.1) is 12.7 Å². The number of nitrogens with two attached hydrogens (primary N) is 1. The van der Waals surface area contributed by atoms with Crippen LogP contribution in [0.5, 0.6) is 5.75 Å². The van der Waals surface area contributed by atoms with Crippen LogP contribution < -0.4 is 21.1 Å². The van der Waals surface area contributed by atoms with E-state index in [-0.39, 0.29) is 17.5 Å². The lowest BCUT2D eigenvalue weighted by Gasteiger charge is -2.11. The fourth-order valence-electron chi connectivity index (χ4n) is 3.19. The van der Waals surface area contributed by atoms with E-state index in [2.05, 4.69) is 40.7 Å². The van der Waals surface area contributed by atoms with E-state index >= 15 is 0 Å². The molecule has 3 rings (SSSR count). The van der Waals surface area contributed by atoms with Crippen LogP contribution in [-0.4, -0.2) is 42.2 Å². The molecule has 0 spiro atoms. The van der Waals surface area contributed by atoms with Crippen LogP contribution in [0.2, 0.25) is 0 Å². The summed E-state index contributed by atoms with van der Waals surface area (Å²) in [5, 5.41) is 12.7. The lowest BCUT2D eigenvalue weighted by atomic mass is 10.1. The summed E-state index contributed by atoms with van der Waals surface area (Å²) in [6, 6.07) is 8.80. The molecule has 0 saturated heterocycles. The Kier molecular flexibility index (Phi) is 7.43. The number of H-pyrrole nitrogens is 1. The average Bonchev–Trinajstić information content (AvgIpc) is 3.34. The first kappa shape index (κ1) is 22.5. The molecular formula is C22H27N5O3S. The topological polar surface area (TPSA) is 122 Å². The highest BCUT2D eigenvalue weighted by molar-refractivity contribution is 7.12. The Morgan fingerprint density at radius 2 is 2.00 bits per heavy atom. The van der Waals surface area contributed by atoms with Crippen molar-refractivity contribution in [2.45, 2.75) is 26.7 Å². The van der Waals surface area contributed by atoms with Crippen molar-refractivity contribution in [1.82, 2.24) is 15.5 Å². The Morgan fingerprint density at radius 3 is 2.68 bits per heavy atom. The predicted octanol–water partition coefficient (Wildman–Crippen LogP) is 3.02. The van der Waals surface area contributed by atoms with Gasteiger partial charge in [-0.25, -0.2) is 0 Å². The lowest BCUT2D eigenvalue weighted by Crippen LogP contribution is -2.26. The molecule has 0 atom stereocenters. The summed E-state index contributed by atoms with van der Waals surface area (Å²) in [5.41, 5.74) is 8.64. The molecule has 164 valence electrons. The zero-order chi connectivity index (χ0) is 22.4. The summed E-state index contributed by atoms with van der Waals surface area (Å²) >= 11 is 1.75. The number of benzene rings is 1. The van der Waals surface area contributed by atoms with Crippen molar-refractivity contribution in [3.8, 4) is 5.75 Å². The maximum absolute atomic E-state index is 12.7.